The highest BCUT2D eigenvalue weighted by atomic mass is 16.2. The van der Waals surface area contributed by atoms with Crippen LogP contribution in [0, 0.1) is 6.92 Å². The Morgan fingerprint density at radius 2 is 1.92 bits per heavy atom. The molecule has 0 saturated carbocycles. The van der Waals surface area contributed by atoms with Gasteiger partial charge in [-0.1, -0.05) is 24.3 Å². The predicted octanol–water partition coefficient (Wildman–Crippen LogP) is 3.22. The van der Waals surface area contributed by atoms with Gasteiger partial charge in [-0.2, -0.15) is 0 Å². The number of H-pyrrole nitrogens is 1. The van der Waals surface area contributed by atoms with Gasteiger partial charge in [0, 0.05) is 31.9 Å². The molecule has 0 aliphatic carbocycles. The number of imidazole rings is 1. The fourth-order valence-electron chi connectivity index (χ4n) is 3.33. The molecule has 134 valence electrons. The zero-order valence-corrected chi connectivity index (χ0v) is 14.9. The van der Waals surface area contributed by atoms with Crippen LogP contribution in [0.25, 0.3) is 11.0 Å². The zero-order chi connectivity index (χ0) is 17.9. The summed E-state index contributed by atoms with van der Waals surface area (Å²) >= 11 is 0. The number of nitrogens with one attached hydrogen (secondary N) is 2. The molecule has 1 fully saturated rings. The molecule has 0 atom stereocenters. The van der Waals surface area contributed by atoms with Crippen LogP contribution in [0.2, 0.25) is 0 Å². The van der Waals surface area contributed by atoms with Crippen molar-refractivity contribution in [3.63, 3.8) is 0 Å². The number of aryl methyl sites for hydroxylation is 1. The summed E-state index contributed by atoms with van der Waals surface area (Å²) in [5, 5.41) is 2.98. The molecule has 0 unspecified atom stereocenters. The number of aromatic amines is 1. The number of urea groups is 1. The topological polar surface area (TPSA) is 64.3 Å². The predicted molar refractivity (Wildman–Crippen MR) is 103 cm³/mol. The summed E-state index contributed by atoms with van der Waals surface area (Å²) in [5.74, 6) is 0.976. The molecule has 1 aliphatic heterocycles. The summed E-state index contributed by atoms with van der Waals surface area (Å²) < 4.78 is 0. The molecular formula is C20H23N5O. The maximum absolute atomic E-state index is 12.4. The number of carbonyl (C=O) groups is 1. The van der Waals surface area contributed by atoms with Crippen molar-refractivity contribution in [1.82, 2.24) is 19.8 Å². The highest BCUT2D eigenvalue weighted by Crippen LogP contribution is 2.14. The van der Waals surface area contributed by atoms with E-state index >= 15 is 0 Å². The third-order valence-corrected chi connectivity index (χ3v) is 4.74. The van der Waals surface area contributed by atoms with Crippen molar-refractivity contribution in [3.05, 3.63) is 59.9 Å². The van der Waals surface area contributed by atoms with E-state index in [0.29, 0.717) is 0 Å². The van der Waals surface area contributed by atoms with Crippen molar-refractivity contribution in [1.29, 1.82) is 0 Å². The first-order valence-electron chi connectivity index (χ1n) is 8.96. The van der Waals surface area contributed by atoms with Crippen LogP contribution in [-0.2, 0) is 6.54 Å². The van der Waals surface area contributed by atoms with Crippen molar-refractivity contribution < 1.29 is 4.79 Å². The lowest BCUT2D eigenvalue weighted by molar-refractivity contribution is 0.141. The number of hydrogen-bond acceptors (Lipinski definition) is 3. The van der Waals surface area contributed by atoms with Gasteiger partial charge in [0.25, 0.3) is 0 Å². The number of piperazine rings is 1. The van der Waals surface area contributed by atoms with E-state index in [1.807, 2.05) is 60.4 Å². The molecular weight excluding hydrogens is 326 g/mol. The molecule has 2 heterocycles. The average molecular weight is 349 g/mol. The molecule has 2 aromatic carbocycles. The Kier molecular flexibility index (Phi) is 4.58. The van der Waals surface area contributed by atoms with Gasteiger partial charge in [0.2, 0.25) is 0 Å². The number of aromatic nitrogens is 2. The lowest BCUT2D eigenvalue weighted by atomic mass is 10.2. The molecule has 26 heavy (non-hydrogen) atoms. The largest absolute Gasteiger partial charge is 0.341 e. The SMILES string of the molecule is Cc1cccc(NC(=O)N2CCN(Cc3nc4ccccc4[nH]3)CC2)c1. The van der Waals surface area contributed by atoms with Crippen LogP contribution in [0.15, 0.2) is 48.5 Å². The van der Waals surface area contributed by atoms with Crippen LogP contribution in [0.3, 0.4) is 0 Å². The monoisotopic (exact) mass is 349 g/mol. The van der Waals surface area contributed by atoms with Crippen molar-refractivity contribution >= 4 is 22.8 Å². The van der Waals surface area contributed by atoms with Gasteiger partial charge in [0.1, 0.15) is 5.82 Å². The van der Waals surface area contributed by atoms with Crippen LogP contribution >= 0.6 is 0 Å². The summed E-state index contributed by atoms with van der Waals surface area (Å²) in [6.45, 7) is 5.93. The highest BCUT2D eigenvalue weighted by Gasteiger charge is 2.21. The number of nitrogens with zero attached hydrogens (tertiary/aromatic N) is 3. The van der Waals surface area contributed by atoms with Gasteiger partial charge < -0.3 is 15.2 Å². The molecule has 0 bridgehead atoms. The number of carbonyl (C=O) groups excluding carboxylic acids is 1. The minimum atomic E-state index is -0.0287. The normalized spacial score (nSPS) is 15.3. The van der Waals surface area contributed by atoms with E-state index < -0.39 is 0 Å². The summed E-state index contributed by atoms with van der Waals surface area (Å²) in [4.78, 5) is 24.6. The third-order valence-electron chi connectivity index (χ3n) is 4.74. The van der Waals surface area contributed by atoms with Gasteiger partial charge in [-0.05, 0) is 36.8 Å². The van der Waals surface area contributed by atoms with E-state index in [9.17, 15) is 4.79 Å². The number of anilines is 1. The molecule has 0 radical (unpaired) electrons. The van der Waals surface area contributed by atoms with E-state index in [1.54, 1.807) is 0 Å². The Morgan fingerprint density at radius 1 is 1.12 bits per heavy atom. The second-order valence-corrected chi connectivity index (χ2v) is 6.76. The molecule has 3 aromatic rings. The molecule has 1 aliphatic rings. The molecule has 4 rings (SSSR count). The fraction of sp³-hybridized carbons (Fsp3) is 0.300. The van der Waals surface area contributed by atoms with Crippen LogP contribution in [0.4, 0.5) is 10.5 Å². The molecule has 6 nitrogen and oxygen atoms in total. The summed E-state index contributed by atoms with van der Waals surface area (Å²) in [6, 6.07) is 15.9. The number of para-hydroxylation sites is 2. The first-order valence-corrected chi connectivity index (χ1v) is 8.96. The van der Waals surface area contributed by atoms with Gasteiger partial charge in [0.05, 0.1) is 17.6 Å². The van der Waals surface area contributed by atoms with Crippen molar-refractivity contribution in [2.24, 2.45) is 0 Å². The lowest BCUT2D eigenvalue weighted by Gasteiger charge is -2.34. The Morgan fingerprint density at radius 3 is 2.69 bits per heavy atom. The third kappa shape index (κ3) is 3.70. The first-order chi connectivity index (χ1) is 12.7. The summed E-state index contributed by atoms with van der Waals surface area (Å²) in [5.41, 5.74) is 4.05. The smallest absolute Gasteiger partial charge is 0.321 e. The van der Waals surface area contributed by atoms with Crippen LogP contribution in [0.5, 0.6) is 0 Å². The van der Waals surface area contributed by atoms with Crippen molar-refractivity contribution in [2.45, 2.75) is 13.5 Å². The minimum Gasteiger partial charge on any atom is -0.341 e. The number of rotatable bonds is 3. The quantitative estimate of drug-likeness (QED) is 0.763. The molecule has 1 aromatic heterocycles. The second kappa shape index (κ2) is 7.17. The fourth-order valence-corrected chi connectivity index (χ4v) is 3.33. The number of fused-ring (bicyclic) bond motifs is 1. The number of amides is 2. The molecule has 1 saturated heterocycles. The Bertz CT molecular complexity index is 878. The van der Waals surface area contributed by atoms with Gasteiger partial charge in [-0.3, -0.25) is 4.90 Å². The second-order valence-electron chi connectivity index (χ2n) is 6.76. The highest BCUT2D eigenvalue weighted by molar-refractivity contribution is 5.89. The van der Waals surface area contributed by atoms with Gasteiger partial charge in [-0.15, -0.1) is 0 Å². The zero-order valence-electron chi connectivity index (χ0n) is 14.9. The Balaban J connectivity index is 1.31. The van der Waals surface area contributed by atoms with E-state index in [4.69, 9.17) is 0 Å². The Hall–Kier alpha value is -2.86. The van der Waals surface area contributed by atoms with Crippen LogP contribution < -0.4 is 5.32 Å². The van der Waals surface area contributed by atoms with E-state index in [2.05, 4.69) is 20.2 Å². The minimum absolute atomic E-state index is 0.0287. The first kappa shape index (κ1) is 16.6. The molecule has 6 heteroatoms. The molecule has 2 amide bonds. The van der Waals surface area contributed by atoms with Crippen LogP contribution in [0.1, 0.15) is 11.4 Å². The van der Waals surface area contributed by atoms with E-state index in [0.717, 1.165) is 60.8 Å². The standard InChI is InChI=1S/C20H23N5O/c1-15-5-4-6-16(13-15)21-20(26)25-11-9-24(10-12-25)14-19-22-17-7-2-3-8-18(17)23-19/h2-8,13H,9-12,14H2,1H3,(H,21,26)(H,22,23). The maximum atomic E-state index is 12.4. The lowest BCUT2D eigenvalue weighted by Crippen LogP contribution is -2.49. The average Bonchev–Trinajstić information content (AvgIpc) is 3.04. The van der Waals surface area contributed by atoms with E-state index in [-0.39, 0.29) is 6.03 Å². The van der Waals surface area contributed by atoms with Crippen molar-refractivity contribution in [3.8, 4) is 0 Å². The van der Waals surface area contributed by atoms with Gasteiger partial charge in [0.15, 0.2) is 0 Å². The maximum Gasteiger partial charge on any atom is 0.321 e. The van der Waals surface area contributed by atoms with Gasteiger partial charge >= 0.3 is 6.03 Å². The van der Waals surface area contributed by atoms with Crippen molar-refractivity contribution in [2.75, 3.05) is 31.5 Å². The van der Waals surface area contributed by atoms with Gasteiger partial charge in [-0.25, -0.2) is 9.78 Å². The molecule has 2 N–H and O–H groups in total. The summed E-state index contributed by atoms with van der Waals surface area (Å²) in [6.07, 6.45) is 0. The van der Waals surface area contributed by atoms with Crippen LogP contribution in [-0.4, -0.2) is 52.0 Å². The van der Waals surface area contributed by atoms with E-state index in [1.165, 1.54) is 0 Å². The summed E-state index contributed by atoms with van der Waals surface area (Å²) in [7, 11) is 0. The Labute approximate surface area is 152 Å². The number of hydrogen-bond donors (Lipinski definition) is 2. The number of benzene rings is 2. The molecule has 0 spiro atoms.